The third-order valence-corrected chi connectivity index (χ3v) is 5.76. The Bertz CT molecular complexity index is 543. The zero-order valence-corrected chi connectivity index (χ0v) is 18.6. The van der Waals surface area contributed by atoms with Crippen LogP contribution in [0.3, 0.4) is 0 Å². The van der Waals surface area contributed by atoms with E-state index in [0.717, 1.165) is 38.6 Å². The van der Waals surface area contributed by atoms with Gasteiger partial charge in [0.1, 0.15) is 0 Å². The molecule has 0 unspecified atom stereocenters. The number of carbonyl (C=O) groups is 3. The van der Waals surface area contributed by atoms with Crippen LogP contribution < -0.4 is 11.5 Å². The molecule has 0 aromatic carbocycles. The van der Waals surface area contributed by atoms with Crippen molar-refractivity contribution in [1.29, 1.82) is 0 Å². The molecule has 3 amide bonds. The van der Waals surface area contributed by atoms with Gasteiger partial charge in [-0.05, 0) is 66.2 Å². The lowest BCUT2D eigenvalue weighted by molar-refractivity contribution is -0.251. The summed E-state index contributed by atoms with van der Waals surface area (Å²) in [6.45, 7) is 9.12. The number of amides is 3. The summed E-state index contributed by atoms with van der Waals surface area (Å²) in [5.41, 5.74) is 9.15. The van der Waals surface area contributed by atoms with Gasteiger partial charge in [-0.2, -0.15) is 5.06 Å². The Kier molecular flexibility index (Phi) is 9.55. The molecular weight excluding hydrogens is 372 g/mol. The van der Waals surface area contributed by atoms with Gasteiger partial charge in [-0.25, -0.2) is 0 Å². The molecule has 8 nitrogen and oxygen atoms in total. The summed E-state index contributed by atoms with van der Waals surface area (Å²) in [4.78, 5) is 34.7. The highest BCUT2D eigenvalue weighted by atomic mass is 16.5. The predicted molar refractivity (Wildman–Crippen MR) is 112 cm³/mol. The molecule has 2 fully saturated rings. The number of hydroxylamine groups is 2. The molecule has 0 saturated carbocycles. The summed E-state index contributed by atoms with van der Waals surface area (Å²) in [6.07, 6.45) is 7.68. The van der Waals surface area contributed by atoms with Gasteiger partial charge >= 0.3 is 0 Å². The quantitative estimate of drug-likeness (QED) is 0.576. The van der Waals surface area contributed by atoms with Crippen LogP contribution in [0.15, 0.2) is 0 Å². The molecule has 0 spiro atoms. The monoisotopic (exact) mass is 412 g/mol. The number of likely N-dealkylation sites (tertiary alicyclic amines) is 1. The summed E-state index contributed by atoms with van der Waals surface area (Å²) in [6, 6.07) is 0.263. The number of unbranched alkanes of at least 4 members (excludes halogenated alkanes) is 1. The van der Waals surface area contributed by atoms with Crippen molar-refractivity contribution < 1.29 is 19.6 Å². The molecule has 5 N–H and O–H groups in total. The maximum Gasteiger partial charge on any atom is 0.222 e. The molecule has 2 heterocycles. The second-order valence-electron chi connectivity index (χ2n) is 9.54. The Morgan fingerprint density at radius 3 is 1.90 bits per heavy atom. The van der Waals surface area contributed by atoms with Crippen LogP contribution in [-0.2, 0) is 14.4 Å². The topological polar surface area (TPSA) is 130 Å². The lowest BCUT2D eigenvalue weighted by Gasteiger charge is -2.53. The number of primary amides is 2. The highest BCUT2D eigenvalue weighted by Gasteiger charge is 2.47. The van der Waals surface area contributed by atoms with Crippen molar-refractivity contribution in [3.8, 4) is 0 Å². The SMILES string of the molecule is CC1(C)CC(N2CCCCCC2=O)CC(C)(C)N1O.NC(=O)CCCCC(N)=O. The summed E-state index contributed by atoms with van der Waals surface area (Å²) in [5.74, 6) is -0.352. The molecule has 2 aliphatic heterocycles. The average Bonchev–Trinajstić information content (AvgIpc) is 2.81. The number of hydrogen-bond donors (Lipinski definition) is 3. The molecule has 0 atom stereocenters. The summed E-state index contributed by atoms with van der Waals surface area (Å²) in [5, 5.41) is 11.8. The fourth-order valence-corrected chi connectivity index (χ4v) is 4.43. The van der Waals surface area contributed by atoms with Crippen molar-refractivity contribution in [3.05, 3.63) is 0 Å². The number of nitrogens with two attached hydrogens (primary N) is 2. The first kappa shape index (κ1) is 25.4. The van der Waals surface area contributed by atoms with Gasteiger partial charge in [0, 0.05) is 42.9 Å². The minimum atomic E-state index is -0.329. The molecule has 0 aliphatic carbocycles. The van der Waals surface area contributed by atoms with Gasteiger partial charge in [0.25, 0.3) is 0 Å². The van der Waals surface area contributed by atoms with E-state index in [9.17, 15) is 19.6 Å². The summed E-state index contributed by atoms with van der Waals surface area (Å²) < 4.78 is 0. The van der Waals surface area contributed by atoms with E-state index in [1.807, 2.05) is 0 Å². The molecule has 2 saturated heterocycles. The zero-order valence-electron chi connectivity index (χ0n) is 18.6. The van der Waals surface area contributed by atoms with E-state index in [1.165, 1.54) is 5.06 Å². The largest absolute Gasteiger partial charge is 0.370 e. The van der Waals surface area contributed by atoms with E-state index < -0.39 is 0 Å². The number of nitrogens with zero attached hydrogens (tertiary/aromatic N) is 2. The van der Waals surface area contributed by atoms with Crippen LogP contribution in [-0.4, -0.2) is 56.6 Å². The number of rotatable bonds is 6. The van der Waals surface area contributed by atoms with E-state index in [2.05, 4.69) is 32.6 Å². The molecule has 0 aromatic heterocycles. The van der Waals surface area contributed by atoms with Gasteiger partial charge in [-0.3, -0.25) is 14.4 Å². The lowest BCUT2D eigenvalue weighted by Crippen LogP contribution is -2.63. The van der Waals surface area contributed by atoms with Crippen LogP contribution in [0.1, 0.15) is 91.9 Å². The molecule has 168 valence electrons. The van der Waals surface area contributed by atoms with Gasteiger partial charge in [-0.1, -0.05) is 6.42 Å². The predicted octanol–water partition coefficient (Wildman–Crippen LogP) is 2.32. The molecule has 8 heteroatoms. The van der Waals surface area contributed by atoms with Gasteiger partial charge in [0.2, 0.25) is 17.7 Å². The van der Waals surface area contributed by atoms with Crippen molar-refractivity contribution in [2.45, 2.75) is 109 Å². The molecule has 0 bridgehead atoms. The first-order valence-corrected chi connectivity index (χ1v) is 10.7. The average molecular weight is 413 g/mol. The van der Waals surface area contributed by atoms with Crippen LogP contribution in [0.25, 0.3) is 0 Å². The molecule has 2 rings (SSSR count). The Morgan fingerprint density at radius 2 is 1.45 bits per heavy atom. The third-order valence-electron chi connectivity index (χ3n) is 5.76. The highest BCUT2D eigenvalue weighted by Crippen LogP contribution is 2.39. The first-order valence-electron chi connectivity index (χ1n) is 10.7. The standard InChI is InChI=1S/C15H28N2O2.C6H12N2O2/c1-14(2)10-12(11-15(3,4)17(14)19)16-9-7-5-6-8-13(16)18;7-5(9)3-1-2-4-6(8)10/h12,19H,5-11H2,1-4H3;1-4H2,(H2,7,9)(H2,8,10). The molecule has 0 radical (unpaired) electrons. The van der Waals surface area contributed by atoms with Crippen molar-refractivity contribution in [1.82, 2.24) is 9.96 Å². The fraction of sp³-hybridized carbons (Fsp3) is 0.857. The Balaban J connectivity index is 0.000000359. The van der Waals surface area contributed by atoms with E-state index in [-0.39, 0.29) is 28.9 Å². The molecular formula is C21H40N4O4. The van der Waals surface area contributed by atoms with Crippen molar-refractivity contribution >= 4 is 17.7 Å². The number of piperidine rings is 1. The van der Waals surface area contributed by atoms with E-state index in [1.54, 1.807) is 0 Å². The molecule has 0 aromatic rings. The maximum absolute atomic E-state index is 12.3. The Morgan fingerprint density at radius 1 is 0.966 bits per heavy atom. The zero-order chi connectivity index (χ0) is 22.2. The lowest BCUT2D eigenvalue weighted by atomic mass is 9.78. The van der Waals surface area contributed by atoms with Gasteiger partial charge in [0.15, 0.2) is 0 Å². The second kappa shape index (κ2) is 10.9. The Labute approximate surface area is 174 Å². The van der Waals surface area contributed by atoms with Crippen LogP contribution in [0.2, 0.25) is 0 Å². The van der Waals surface area contributed by atoms with E-state index in [0.29, 0.717) is 38.0 Å². The summed E-state index contributed by atoms with van der Waals surface area (Å²) in [7, 11) is 0. The number of carbonyl (C=O) groups excluding carboxylic acids is 3. The third kappa shape index (κ3) is 8.30. The Hall–Kier alpha value is -1.67. The van der Waals surface area contributed by atoms with Crippen LogP contribution in [0, 0.1) is 0 Å². The van der Waals surface area contributed by atoms with Crippen LogP contribution in [0.5, 0.6) is 0 Å². The number of hydrogen-bond acceptors (Lipinski definition) is 5. The minimum Gasteiger partial charge on any atom is -0.370 e. The smallest absolute Gasteiger partial charge is 0.222 e. The van der Waals surface area contributed by atoms with E-state index >= 15 is 0 Å². The minimum absolute atomic E-state index is 0.263. The van der Waals surface area contributed by atoms with E-state index in [4.69, 9.17) is 11.5 Å². The van der Waals surface area contributed by atoms with Crippen LogP contribution in [0.4, 0.5) is 0 Å². The second-order valence-corrected chi connectivity index (χ2v) is 9.54. The highest BCUT2D eigenvalue weighted by molar-refractivity contribution is 5.76. The van der Waals surface area contributed by atoms with Gasteiger partial charge < -0.3 is 21.6 Å². The molecule has 29 heavy (non-hydrogen) atoms. The normalized spacial score (nSPS) is 22.4. The van der Waals surface area contributed by atoms with Crippen LogP contribution >= 0.6 is 0 Å². The fourth-order valence-electron chi connectivity index (χ4n) is 4.43. The van der Waals surface area contributed by atoms with Gasteiger partial charge in [-0.15, -0.1) is 0 Å². The van der Waals surface area contributed by atoms with Gasteiger partial charge in [0.05, 0.1) is 0 Å². The molecule has 2 aliphatic rings. The maximum atomic E-state index is 12.3. The van der Waals surface area contributed by atoms with Crippen molar-refractivity contribution in [2.75, 3.05) is 6.54 Å². The van der Waals surface area contributed by atoms with Crippen molar-refractivity contribution in [2.24, 2.45) is 11.5 Å². The first-order chi connectivity index (χ1) is 13.4. The summed E-state index contributed by atoms with van der Waals surface area (Å²) >= 11 is 0. The van der Waals surface area contributed by atoms with Crippen molar-refractivity contribution in [3.63, 3.8) is 0 Å².